The minimum atomic E-state index is -4.87. The van der Waals surface area contributed by atoms with Crippen molar-refractivity contribution in [2.24, 2.45) is 0 Å². The summed E-state index contributed by atoms with van der Waals surface area (Å²) in [6.45, 7) is 0. The maximum Gasteiger partial charge on any atom is 0.449 e. The van der Waals surface area contributed by atoms with Gasteiger partial charge >= 0.3 is 6.18 Å². The van der Waals surface area contributed by atoms with Crippen LogP contribution in [0.4, 0.5) is 17.6 Å². The highest BCUT2D eigenvalue weighted by atomic mass is 79.9. The molecular weight excluding hydrogens is 343 g/mol. The summed E-state index contributed by atoms with van der Waals surface area (Å²) < 4.78 is 50.7. The number of nitrogens with one attached hydrogen (secondary N) is 1. The molecule has 1 heterocycles. The van der Waals surface area contributed by atoms with E-state index < -0.39 is 28.9 Å². The van der Waals surface area contributed by atoms with Gasteiger partial charge in [0.2, 0.25) is 5.82 Å². The van der Waals surface area contributed by atoms with Gasteiger partial charge in [0.15, 0.2) is 5.82 Å². The van der Waals surface area contributed by atoms with Crippen molar-refractivity contribution in [2.75, 3.05) is 0 Å². The van der Waals surface area contributed by atoms with Crippen molar-refractivity contribution < 1.29 is 17.6 Å². The maximum atomic E-state index is 13.7. The molecule has 1 N–H and O–H groups in total. The summed E-state index contributed by atoms with van der Waals surface area (Å²) in [6.07, 6.45) is -4.87. The fourth-order valence-corrected chi connectivity index (χ4v) is 1.83. The monoisotopic (exact) mass is 344 g/mol. The lowest BCUT2D eigenvalue weighted by atomic mass is 10.2. The van der Waals surface area contributed by atoms with Crippen molar-refractivity contribution >= 4 is 38.4 Å². The average molecular weight is 345 g/mol. The van der Waals surface area contributed by atoms with Crippen molar-refractivity contribution in [1.82, 2.24) is 9.97 Å². The number of hydrogen-bond donors (Lipinski definition) is 1. The van der Waals surface area contributed by atoms with Crippen LogP contribution in [-0.4, -0.2) is 9.97 Å². The van der Waals surface area contributed by atoms with Crippen LogP contribution in [0.5, 0.6) is 0 Å². The molecule has 0 spiro atoms. The first-order chi connectivity index (χ1) is 8.21. The van der Waals surface area contributed by atoms with Gasteiger partial charge < -0.3 is 4.98 Å². The Balaban J connectivity index is 2.93. The number of fused-ring (bicyclic) bond motifs is 1. The van der Waals surface area contributed by atoms with Gasteiger partial charge in [-0.3, -0.25) is 4.79 Å². The van der Waals surface area contributed by atoms with Gasteiger partial charge in [0.1, 0.15) is 0 Å². The largest absolute Gasteiger partial charge is 0.449 e. The van der Waals surface area contributed by atoms with E-state index in [4.69, 9.17) is 11.6 Å². The maximum absolute atomic E-state index is 13.7. The minimum absolute atomic E-state index is 0.132. The Morgan fingerprint density at radius 2 is 2.00 bits per heavy atom. The quantitative estimate of drug-likeness (QED) is 0.587. The first-order valence-corrected chi connectivity index (χ1v) is 5.53. The second kappa shape index (κ2) is 4.20. The fourth-order valence-electron chi connectivity index (χ4n) is 1.33. The van der Waals surface area contributed by atoms with E-state index in [2.05, 4.69) is 20.9 Å². The summed E-state index contributed by atoms with van der Waals surface area (Å²) in [5, 5.41) is -0.485. The molecule has 3 nitrogen and oxygen atoms in total. The highest BCUT2D eigenvalue weighted by Gasteiger charge is 2.35. The van der Waals surface area contributed by atoms with E-state index in [1.807, 2.05) is 0 Å². The van der Waals surface area contributed by atoms with Gasteiger partial charge in [-0.25, -0.2) is 4.39 Å². The summed E-state index contributed by atoms with van der Waals surface area (Å²) in [4.78, 5) is 15.9. The van der Waals surface area contributed by atoms with Gasteiger partial charge in [0.05, 0.1) is 20.4 Å². The van der Waals surface area contributed by atoms with E-state index in [0.29, 0.717) is 0 Å². The molecule has 9 heteroatoms. The Kier molecular flexibility index (Phi) is 3.10. The number of halogens is 6. The Hall–Kier alpha value is -1.15. The molecule has 0 aliphatic rings. The van der Waals surface area contributed by atoms with E-state index in [1.165, 1.54) is 0 Å². The SMILES string of the molecule is O=c1nc(C(F)(F)F)[nH]c2c(F)c(Br)c(Cl)cc12. The van der Waals surface area contributed by atoms with Crippen LogP contribution in [0.2, 0.25) is 5.02 Å². The Morgan fingerprint density at radius 1 is 1.39 bits per heavy atom. The highest BCUT2D eigenvalue weighted by Crippen LogP contribution is 2.32. The van der Waals surface area contributed by atoms with E-state index in [1.54, 1.807) is 4.98 Å². The number of benzene rings is 1. The Labute approximate surface area is 110 Å². The molecule has 96 valence electrons. The second-order valence-electron chi connectivity index (χ2n) is 3.30. The van der Waals surface area contributed by atoms with Crippen molar-refractivity contribution in [1.29, 1.82) is 0 Å². The zero-order valence-electron chi connectivity index (χ0n) is 8.20. The molecule has 0 saturated carbocycles. The topological polar surface area (TPSA) is 45.8 Å². The van der Waals surface area contributed by atoms with Crippen LogP contribution >= 0.6 is 27.5 Å². The third-order valence-electron chi connectivity index (χ3n) is 2.12. The average Bonchev–Trinajstić information content (AvgIpc) is 2.26. The van der Waals surface area contributed by atoms with Crippen LogP contribution < -0.4 is 5.56 Å². The molecule has 0 aliphatic carbocycles. The van der Waals surface area contributed by atoms with Gasteiger partial charge in [-0.05, 0) is 22.0 Å². The summed E-state index contributed by atoms with van der Waals surface area (Å²) in [5.41, 5.74) is -1.80. The molecule has 0 saturated heterocycles. The summed E-state index contributed by atoms with van der Waals surface area (Å²) >= 11 is 8.37. The van der Waals surface area contributed by atoms with Gasteiger partial charge in [-0.1, -0.05) is 11.6 Å². The van der Waals surface area contributed by atoms with Crippen LogP contribution in [0.1, 0.15) is 5.82 Å². The van der Waals surface area contributed by atoms with E-state index in [0.717, 1.165) is 6.07 Å². The third kappa shape index (κ3) is 2.10. The Morgan fingerprint density at radius 3 is 2.56 bits per heavy atom. The number of hydrogen-bond acceptors (Lipinski definition) is 2. The van der Waals surface area contributed by atoms with E-state index in [9.17, 15) is 22.4 Å². The zero-order valence-corrected chi connectivity index (χ0v) is 10.5. The molecule has 0 unspecified atom stereocenters. The van der Waals surface area contributed by atoms with Crippen molar-refractivity contribution in [3.63, 3.8) is 0 Å². The molecule has 0 amide bonds. The third-order valence-corrected chi connectivity index (χ3v) is 3.42. The van der Waals surface area contributed by atoms with Gasteiger partial charge in [0.25, 0.3) is 5.56 Å². The van der Waals surface area contributed by atoms with Crippen molar-refractivity contribution in [2.45, 2.75) is 6.18 Å². The number of nitrogens with zero attached hydrogens (tertiary/aromatic N) is 1. The minimum Gasteiger partial charge on any atom is -0.333 e. The van der Waals surface area contributed by atoms with Crippen LogP contribution in [0.15, 0.2) is 15.3 Å². The fraction of sp³-hybridized carbons (Fsp3) is 0.111. The first kappa shape index (κ1) is 13.3. The van der Waals surface area contributed by atoms with Crippen LogP contribution in [-0.2, 0) is 6.18 Å². The van der Waals surface area contributed by atoms with Crippen molar-refractivity contribution in [3.05, 3.63) is 37.6 Å². The molecule has 0 radical (unpaired) electrons. The van der Waals surface area contributed by atoms with Crippen LogP contribution in [0.25, 0.3) is 10.9 Å². The molecule has 18 heavy (non-hydrogen) atoms. The number of alkyl halides is 3. The van der Waals surface area contributed by atoms with Gasteiger partial charge in [0, 0.05) is 0 Å². The summed E-state index contributed by atoms with van der Waals surface area (Å²) in [5.74, 6) is -2.64. The molecule has 1 aromatic heterocycles. The molecule has 0 bridgehead atoms. The van der Waals surface area contributed by atoms with Gasteiger partial charge in [-0.2, -0.15) is 18.2 Å². The molecule has 0 aliphatic heterocycles. The lowest BCUT2D eigenvalue weighted by Gasteiger charge is -2.08. The van der Waals surface area contributed by atoms with E-state index >= 15 is 0 Å². The molecule has 0 atom stereocenters. The van der Waals surface area contributed by atoms with Crippen molar-refractivity contribution in [3.8, 4) is 0 Å². The predicted molar refractivity (Wildman–Crippen MR) is 60.0 cm³/mol. The summed E-state index contributed by atoms with van der Waals surface area (Å²) in [7, 11) is 0. The first-order valence-electron chi connectivity index (χ1n) is 4.36. The second-order valence-corrected chi connectivity index (χ2v) is 4.50. The summed E-state index contributed by atoms with van der Waals surface area (Å²) in [6, 6.07) is 1.04. The molecule has 2 rings (SSSR count). The van der Waals surface area contributed by atoms with Gasteiger partial charge in [-0.15, -0.1) is 0 Å². The lowest BCUT2D eigenvalue weighted by Crippen LogP contribution is -2.19. The number of aromatic amines is 1. The predicted octanol–water partition coefficient (Wildman–Crippen LogP) is 3.50. The van der Waals surface area contributed by atoms with Crippen LogP contribution in [0.3, 0.4) is 0 Å². The Bertz CT molecular complexity index is 697. The lowest BCUT2D eigenvalue weighted by molar-refractivity contribution is -0.144. The van der Waals surface area contributed by atoms with Crippen LogP contribution in [0, 0.1) is 5.82 Å². The number of aromatic nitrogens is 2. The smallest absolute Gasteiger partial charge is 0.333 e. The normalized spacial score (nSPS) is 12.1. The number of rotatable bonds is 0. The molecular formula is C9H2BrClF4N2O. The molecule has 0 fully saturated rings. The molecule has 2 aromatic rings. The standard InChI is InChI=1S/C9H2BrClF4N2O/c10-4-3(11)1-2-6(5(4)12)16-8(9(13,14)15)17-7(2)18/h1H,(H,16,17,18). The number of H-pyrrole nitrogens is 1. The van der Waals surface area contributed by atoms with E-state index in [-0.39, 0.29) is 14.9 Å². The molecule has 1 aromatic carbocycles. The zero-order chi connectivity index (χ0) is 13.7. The highest BCUT2D eigenvalue weighted by molar-refractivity contribution is 9.10.